The molecule has 1 fully saturated rings. The SMILES string of the molecule is CCCC(=N)c1ccc(CCCC(=O)Oc2ccc(NS(=O)(=O)CCN3CCOCC3)cc2CN)cc1. The number of nitrogens with one attached hydrogen (secondary N) is 2. The van der Waals surface area contributed by atoms with Crippen LogP contribution in [0.4, 0.5) is 5.69 Å². The van der Waals surface area contributed by atoms with Crippen LogP contribution in [0.3, 0.4) is 0 Å². The number of anilines is 1. The number of benzene rings is 2. The number of ether oxygens (including phenoxy) is 2. The molecule has 4 N–H and O–H groups in total. The summed E-state index contributed by atoms with van der Waals surface area (Å²) in [5, 5.41) is 8.04. The molecule has 0 aliphatic carbocycles. The summed E-state index contributed by atoms with van der Waals surface area (Å²) in [5.74, 6) is -0.0523. The summed E-state index contributed by atoms with van der Waals surface area (Å²) in [6.45, 7) is 5.28. The number of hydrogen-bond acceptors (Lipinski definition) is 8. The Hall–Kier alpha value is -2.79. The minimum absolute atomic E-state index is 0.0221. The van der Waals surface area contributed by atoms with Crippen LogP contribution in [0.1, 0.15) is 49.3 Å². The third kappa shape index (κ3) is 9.55. The second-order valence-corrected chi connectivity index (χ2v) is 11.0. The summed E-state index contributed by atoms with van der Waals surface area (Å²) in [7, 11) is -3.54. The van der Waals surface area contributed by atoms with Crippen molar-refractivity contribution in [3.63, 3.8) is 0 Å². The minimum Gasteiger partial charge on any atom is -0.426 e. The lowest BCUT2D eigenvalue weighted by molar-refractivity contribution is -0.134. The van der Waals surface area contributed by atoms with E-state index in [1.165, 1.54) is 0 Å². The highest BCUT2D eigenvalue weighted by Crippen LogP contribution is 2.24. The Balaban J connectivity index is 1.47. The Kier molecular flexibility index (Phi) is 11.1. The highest BCUT2D eigenvalue weighted by Gasteiger charge is 2.17. The summed E-state index contributed by atoms with van der Waals surface area (Å²) < 4.78 is 38.4. The maximum atomic E-state index is 12.5. The van der Waals surface area contributed by atoms with Crippen molar-refractivity contribution < 1.29 is 22.7 Å². The molecular weight excluding hydrogens is 492 g/mol. The van der Waals surface area contributed by atoms with Gasteiger partial charge in [0.25, 0.3) is 0 Å². The first-order valence-electron chi connectivity index (χ1n) is 12.8. The monoisotopic (exact) mass is 530 g/mol. The number of carbonyl (C=O) groups is 1. The van der Waals surface area contributed by atoms with Crippen LogP contribution >= 0.6 is 0 Å². The molecule has 3 rings (SSSR count). The van der Waals surface area contributed by atoms with Gasteiger partial charge < -0.3 is 20.6 Å². The molecule has 0 aromatic heterocycles. The van der Waals surface area contributed by atoms with Gasteiger partial charge in [0.1, 0.15) is 5.75 Å². The van der Waals surface area contributed by atoms with Crippen LogP contribution in [-0.4, -0.2) is 63.6 Å². The van der Waals surface area contributed by atoms with Crippen LogP contribution in [0.2, 0.25) is 0 Å². The molecule has 0 bridgehead atoms. The zero-order valence-corrected chi connectivity index (χ0v) is 22.3. The van der Waals surface area contributed by atoms with E-state index in [0.717, 1.165) is 43.5 Å². The van der Waals surface area contributed by atoms with E-state index in [9.17, 15) is 13.2 Å². The minimum atomic E-state index is -3.54. The van der Waals surface area contributed by atoms with E-state index in [1.807, 2.05) is 24.3 Å². The lowest BCUT2D eigenvalue weighted by atomic mass is 10.0. The first-order valence-corrected chi connectivity index (χ1v) is 14.5. The first-order chi connectivity index (χ1) is 17.8. The predicted molar refractivity (Wildman–Crippen MR) is 146 cm³/mol. The standard InChI is InChI=1S/C27H38N4O5S/c1-2-4-25(29)22-9-7-21(8-10-22)5-3-6-27(32)36-26-12-11-24(19-23(26)20-28)30-37(33,34)18-15-31-13-16-35-17-14-31/h7-12,19,29-30H,2-6,13-18,20,28H2,1H3. The second-order valence-electron chi connectivity index (χ2n) is 9.15. The lowest BCUT2D eigenvalue weighted by Crippen LogP contribution is -2.39. The molecule has 0 spiro atoms. The van der Waals surface area contributed by atoms with E-state index in [1.54, 1.807) is 18.2 Å². The van der Waals surface area contributed by atoms with Gasteiger partial charge in [0.2, 0.25) is 10.0 Å². The lowest BCUT2D eigenvalue weighted by Gasteiger charge is -2.26. The summed E-state index contributed by atoms with van der Waals surface area (Å²) in [6, 6.07) is 12.7. The number of hydrogen-bond donors (Lipinski definition) is 3. The fraction of sp³-hybridized carbons (Fsp3) is 0.481. The number of morpholine rings is 1. The highest BCUT2D eigenvalue weighted by molar-refractivity contribution is 7.92. The Morgan fingerprint density at radius 1 is 1.14 bits per heavy atom. The predicted octanol–water partition coefficient (Wildman–Crippen LogP) is 3.32. The van der Waals surface area contributed by atoms with Crippen LogP contribution in [0.25, 0.3) is 0 Å². The zero-order valence-electron chi connectivity index (χ0n) is 21.5. The average Bonchev–Trinajstić information content (AvgIpc) is 2.89. The average molecular weight is 531 g/mol. The zero-order chi connectivity index (χ0) is 26.7. The number of aryl methyl sites for hydroxylation is 1. The molecule has 0 saturated carbocycles. The molecule has 10 heteroatoms. The number of sulfonamides is 1. The molecule has 37 heavy (non-hydrogen) atoms. The van der Waals surface area contributed by atoms with Crippen molar-refractivity contribution in [1.29, 1.82) is 5.41 Å². The largest absolute Gasteiger partial charge is 0.426 e. The Bertz CT molecular complexity index is 1150. The fourth-order valence-corrected chi connectivity index (χ4v) is 5.17. The Morgan fingerprint density at radius 2 is 1.86 bits per heavy atom. The van der Waals surface area contributed by atoms with E-state index in [-0.39, 0.29) is 24.7 Å². The van der Waals surface area contributed by atoms with Crippen molar-refractivity contribution in [3.8, 4) is 5.75 Å². The van der Waals surface area contributed by atoms with Gasteiger partial charge in [0, 0.05) is 49.6 Å². The molecule has 1 heterocycles. The third-order valence-electron chi connectivity index (χ3n) is 6.21. The number of nitrogens with zero attached hydrogens (tertiary/aromatic N) is 1. The number of nitrogens with two attached hydrogens (primary N) is 1. The van der Waals surface area contributed by atoms with Gasteiger partial charge in [-0.15, -0.1) is 0 Å². The quantitative estimate of drug-likeness (QED) is 0.194. The molecule has 0 unspecified atom stereocenters. The van der Waals surface area contributed by atoms with Crippen LogP contribution in [0.5, 0.6) is 5.75 Å². The molecule has 2 aromatic rings. The molecule has 1 aliphatic rings. The van der Waals surface area contributed by atoms with Crippen molar-refractivity contribution in [2.24, 2.45) is 5.73 Å². The number of esters is 1. The molecule has 0 amide bonds. The van der Waals surface area contributed by atoms with Gasteiger partial charge in [-0.2, -0.15) is 0 Å². The van der Waals surface area contributed by atoms with Gasteiger partial charge in [-0.25, -0.2) is 8.42 Å². The van der Waals surface area contributed by atoms with Crippen molar-refractivity contribution in [3.05, 3.63) is 59.2 Å². The second kappa shape index (κ2) is 14.2. The van der Waals surface area contributed by atoms with Crippen LogP contribution < -0.4 is 15.2 Å². The van der Waals surface area contributed by atoms with Crippen LogP contribution in [0, 0.1) is 5.41 Å². The van der Waals surface area contributed by atoms with E-state index in [4.69, 9.17) is 20.6 Å². The topological polar surface area (TPSA) is 135 Å². The molecule has 202 valence electrons. The molecule has 0 radical (unpaired) electrons. The van der Waals surface area contributed by atoms with E-state index >= 15 is 0 Å². The number of carbonyl (C=O) groups excluding carboxylic acids is 1. The maximum Gasteiger partial charge on any atom is 0.311 e. The van der Waals surface area contributed by atoms with Gasteiger partial charge in [-0.1, -0.05) is 37.6 Å². The molecule has 1 saturated heterocycles. The molecule has 9 nitrogen and oxygen atoms in total. The maximum absolute atomic E-state index is 12.5. The summed E-state index contributed by atoms with van der Waals surface area (Å²) in [5.41, 5.74) is 9.45. The van der Waals surface area contributed by atoms with Crippen molar-refractivity contribution in [1.82, 2.24) is 4.90 Å². The van der Waals surface area contributed by atoms with Gasteiger partial charge in [0.05, 0.1) is 19.0 Å². The van der Waals surface area contributed by atoms with Crippen molar-refractivity contribution >= 4 is 27.4 Å². The van der Waals surface area contributed by atoms with E-state index in [0.29, 0.717) is 48.9 Å². The summed E-state index contributed by atoms with van der Waals surface area (Å²) in [6.07, 6.45) is 3.31. The summed E-state index contributed by atoms with van der Waals surface area (Å²) >= 11 is 0. The molecule has 2 aromatic carbocycles. The van der Waals surface area contributed by atoms with Crippen molar-refractivity contribution in [2.75, 3.05) is 43.3 Å². The highest BCUT2D eigenvalue weighted by atomic mass is 32.2. The number of rotatable bonds is 14. The van der Waals surface area contributed by atoms with E-state index < -0.39 is 10.0 Å². The third-order valence-corrected chi connectivity index (χ3v) is 7.47. The fourth-order valence-electron chi connectivity index (χ4n) is 4.08. The van der Waals surface area contributed by atoms with Gasteiger partial charge in [-0.3, -0.25) is 14.4 Å². The smallest absolute Gasteiger partial charge is 0.311 e. The van der Waals surface area contributed by atoms with E-state index in [2.05, 4.69) is 16.5 Å². The Morgan fingerprint density at radius 3 is 2.54 bits per heavy atom. The van der Waals surface area contributed by atoms with Crippen LogP contribution in [-0.2, 0) is 32.5 Å². The molecular formula is C27H38N4O5S. The molecule has 0 atom stereocenters. The Labute approximate surface area is 219 Å². The first kappa shape index (κ1) is 28.8. The summed E-state index contributed by atoms with van der Waals surface area (Å²) in [4.78, 5) is 14.5. The van der Waals surface area contributed by atoms with Gasteiger partial charge in [0.15, 0.2) is 0 Å². The molecule has 1 aliphatic heterocycles. The van der Waals surface area contributed by atoms with Crippen LogP contribution in [0.15, 0.2) is 42.5 Å². The van der Waals surface area contributed by atoms with Gasteiger partial charge >= 0.3 is 5.97 Å². The van der Waals surface area contributed by atoms with Gasteiger partial charge in [-0.05, 0) is 48.6 Å². The normalized spacial score (nSPS) is 14.3. The van der Waals surface area contributed by atoms with Crippen molar-refractivity contribution in [2.45, 2.75) is 45.6 Å².